The lowest BCUT2D eigenvalue weighted by molar-refractivity contribution is 0.0762. The monoisotopic (exact) mass is 273 g/mol. The number of nitrogen functional groups attached to an aromatic ring is 1. The van der Waals surface area contributed by atoms with Crippen molar-refractivity contribution in [3.8, 4) is 5.75 Å². The molecule has 2 aromatic rings. The van der Waals surface area contributed by atoms with E-state index in [0.29, 0.717) is 24.0 Å². The van der Waals surface area contributed by atoms with Gasteiger partial charge in [0.15, 0.2) is 0 Å². The SMILES string of the molecule is COc1cccc2c1nc(N)n2C1CCOC1C1CC1. The van der Waals surface area contributed by atoms with Crippen molar-refractivity contribution in [2.24, 2.45) is 5.92 Å². The molecule has 1 saturated heterocycles. The van der Waals surface area contributed by atoms with Gasteiger partial charge >= 0.3 is 0 Å². The predicted octanol–water partition coefficient (Wildman–Crippen LogP) is 2.37. The summed E-state index contributed by atoms with van der Waals surface area (Å²) in [4.78, 5) is 4.50. The number of nitrogens with zero attached hydrogens (tertiary/aromatic N) is 2. The maximum atomic E-state index is 6.18. The smallest absolute Gasteiger partial charge is 0.201 e. The highest BCUT2D eigenvalue weighted by Gasteiger charge is 2.42. The molecule has 20 heavy (non-hydrogen) atoms. The number of fused-ring (bicyclic) bond motifs is 1. The fourth-order valence-electron chi connectivity index (χ4n) is 3.37. The summed E-state index contributed by atoms with van der Waals surface area (Å²) in [6.07, 6.45) is 3.85. The first kappa shape index (κ1) is 12.0. The van der Waals surface area contributed by atoms with E-state index in [0.717, 1.165) is 29.8 Å². The van der Waals surface area contributed by atoms with Crippen LogP contribution >= 0.6 is 0 Å². The highest BCUT2D eigenvalue weighted by Crippen LogP contribution is 2.45. The number of para-hydroxylation sites is 1. The predicted molar refractivity (Wildman–Crippen MR) is 76.8 cm³/mol. The summed E-state index contributed by atoms with van der Waals surface area (Å²) in [5, 5.41) is 0. The quantitative estimate of drug-likeness (QED) is 0.932. The minimum Gasteiger partial charge on any atom is -0.494 e. The Morgan fingerprint density at radius 3 is 2.95 bits per heavy atom. The largest absolute Gasteiger partial charge is 0.494 e. The van der Waals surface area contributed by atoms with Crippen molar-refractivity contribution in [3.63, 3.8) is 0 Å². The molecule has 2 N–H and O–H groups in total. The number of rotatable bonds is 3. The summed E-state index contributed by atoms with van der Waals surface area (Å²) in [5.74, 6) is 2.03. The molecule has 1 aromatic carbocycles. The first-order valence-electron chi connectivity index (χ1n) is 7.21. The normalized spacial score (nSPS) is 26.2. The van der Waals surface area contributed by atoms with Crippen LogP contribution in [0.5, 0.6) is 5.75 Å². The molecule has 0 amide bonds. The van der Waals surface area contributed by atoms with Gasteiger partial charge in [-0.1, -0.05) is 6.07 Å². The van der Waals surface area contributed by atoms with Gasteiger partial charge in [0.2, 0.25) is 5.95 Å². The zero-order chi connectivity index (χ0) is 13.7. The molecule has 5 nitrogen and oxygen atoms in total. The maximum absolute atomic E-state index is 6.18. The molecule has 5 heteroatoms. The molecule has 2 unspecified atom stereocenters. The Morgan fingerprint density at radius 1 is 1.35 bits per heavy atom. The number of aromatic nitrogens is 2. The maximum Gasteiger partial charge on any atom is 0.201 e. The number of imidazole rings is 1. The molecule has 1 aliphatic carbocycles. The van der Waals surface area contributed by atoms with E-state index in [1.54, 1.807) is 7.11 Å². The van der Waals surface area contributed by atoms with Gasteiger partial charge in [0.25, 0.3) is 0 Å². The second kappa shape index (κ2) is 4.38. The van der Waals surface area contributed by atoms with Crippen molar-refractivity contribution in [1.29, 1.82) is 0 Å². The van der Waals surface area contributed by atoms with E-state index in [1.165, 1.54) is 12.8 Å². The Morgan fingerprint density at radius 2 is 2.20 bits per heavy atom. The lowest BCUT2D eigenvalue weighted by atomic mass is 10.1. The van der Waals surface area contributed by atoms with Crippen molar-refractivity contribution >= 4 is 17.0 Å². The molecule has 0 radical (unpaired) electrons. The topological polar surface area (TPSA) is 62.3 Å². The summed E-state index contributed by atoms with van der Waals surface area (Å²) < 4.78 is 13.5. The summed E-state index contributed by atoms with van der Waals surface area (Å²) in [5.41, 5.74) is 8.07. The molecule has 1 aromatic heterocycles. The van der Waals surface area contributed by atoms with Gasteiger partial charge in [-0.15, -0.1) is 0 Å². The molecule has 1 saturated carbocycles. The summed E-state index contributed by atoms with van der Waals surface area (Å²) in [7, 11) is 1.66. The van der Waals surface area contributed by atoms with Crippen molar-refractivity contribution in [2.75, 3.05) is 19.5 Å². The third-order valence-corrected chi connectivity index (χ3v) is 4.45. The second-order valence-corrected chi connectivity index (χ2v) is 5.70. The summed E-state index contributed by atoms with van der Waals surface area (Å²) >= 11 is 0. The molecule has 0 bridgehead atoms. The van der Waals surface area contributed by atoms with Crippen LogP contribution in [0.15, 0.2) is 18.2 Å². The second-order valence-electron chi connectivity index (χ2n) is 5.70. The fourth-order valence-corrected chi connectivity index (χ4v) is 3.37. The van der Waals surface area contributed by atoms with Crippen LogP contribution in [-0.4, -0.2) is 29.4 Å². The van der Waals surface area contributed by atoms with Crippen LogP contribution in [-0.2, 0) is 4.74 Å². The third-order valence-electron chi connectivity index (χ3n) is 4.45. The minimum absolute atomic E-state index is 0.293. The van der Waals surface area contributed by atoms with E-state index < -0.39 is 0 Å². The lowest BCUT2D eigenvalue weighted by Crippen LogP contribution is -2.23. The molecule has 2 atom stereocenters. The average molecular weight is 273 g/mol. The van der Waals surface area contributed by atoms with E-state index in [2.05, 4.69) is 15.6 Å². The molecule has 4 rings (SSSR count). The number of benzene rings is 1. The van der Waals surface area contributed by atoms with Crippen molar-refractivity contribution in [1.82, 2.24) is 9.55 Å². The van der Waals surface area contributed by atoms with Crippen LogP contribution in [0.3, 0.4) is 0 Å². The Labute approximate surface area is 117 Å². The zero-order valence-electron chi connectivity index (χ0n) is 11.6. The van der Waals surface area contributed by atoms with E-state index in [-0.39, 0.29) is 0 Å². The molecular formula is C15H19N3O2. The third kappa shape index (κ3) is 1.69. The first-order chi connectivity index (χ1) is 9.79. The van der Waals surface area contributed by atoms with Crippen LogP contribution in [0.25, 0.3) is 11.0 Å². The van der Waals surface area contributed by atoms with E-state index in [9.17, 15) is 0 Å². The average Bonchev–Trinajstić information content (AvgIpc) is 3.09. The fraction of sp³-hybridized carbons (Fsp3) is 0.533. The molecule has 2 aliphatic rings. The highest BCUT2D eigenvalue weighted by atomic mass is 16.5. The minimum atomic E-state index is 0.293. The van der Waals surface area contributed by atoms with Gasteiger partial charge in [-0.2, -0.15) is 0 Å². The van der Waals surface area contributed by atoms with Crippen LogP contribution in [0, 0.1) is 5.92 Å². The number of hydrogen-bond acceptors (Lipinski definition) is 4. The Hall–Kier alpha value is -1.75. The Kier molecular flexibility index (Phi) is 2.63. The number of nitrogens with two attached hydrogens (primary N) is 1. The summed E-state index contributed by atoms with van der Waals surface area (Å²) in [6.45, 7) is 0.814. The van der Waals surface area contributed by atoms with Crippen molar-refractivity contribution in [2.45, 2.75) is 31.4 Å². The Bertz CT molecular complexity index is 648. The van der Waals surface area contributed by atoms with E-state index >= 15 is 0 Å². The molecule has 2 heterocycles. The Balaban J connectivity index is 1.84. The highest BCUT2D eigenvalue weighted by molar-refractivity contribution is 5.84. The first-order valence-corrected chi connectivity index (χ1v) is 7.21. The molecule has 2 fully saturated rings. The number of methoxy groups -OCH3 is 1. The van der Waals surface area contributed by atoms with Crippen LogP contribution in [0.4, 0.5) is 5.95 Å². The number of anilines is 1. The van der Waals surface area contributed by atoms with Gasteiger partial charge in [-0.25, -0.2) is 4.98 Å². The van der Waals surface area contributed by atoms with Crippen LogP contribution in [0.1, 0.15) is 25.3 Å². The van der Waals surface area contributed by atoms with Gasteiger partial charge in [0.05, 0.1) is 24.8 Å². The van der Waals surface area contributed by atoms with Gasteiger partial charge in [0.1, 0.15) is 11.3 Å². The van der Waals surface area contributed by atoms with E-state index in [4.69, 9.17) is 15.2 Å². The standard InChI is InChI=1S/C15H19N3O2/c1-19-12-4-2-3-10-13(12)17-15(16)18(10)11-7-8-20-14(11)9-5-6-9/h2-4,9,11,14H,5-8H2,1H3,(H2,16,17). The summed E-state index contributed by atoms with van der Waals surface area (Å²) in [6, 6.07) is 6.27. The van der Waals surface area contributed by atoms with Crippen molar-refractivity contribution < 1.29 is 9.47 Å². The lowest BCUT2D eigenvalue weighted by Gasteiger charge is -2.21. The molecule has 0 spiro atoms. The molecule has 1 aliphatic heterocycles. The van der Waals surface area contributed by atoms with Crippen LogP contribution < -0.4 is 10.5 Å². The molecular weight excluding hydrogens is 254 g/mol. The number of hydrogen-bond donors (Lipinski definition) is 1. The van der Waals surface area contributed by atoms with Crippen LogP contribution in [0.2, 0.25) is 0 Å². The molecule has 106 valence electrons. The van der Waals surface area contributed by atoms with Gasteiger partial charge in [0, 0.05) is 6.61 Å². The number of ether oxygens (including phenoxy) is 2. The van der Waals surface area contributed by atoms with Crippen molar-refractivity contribution in [3.05, 3.63) is 18.2 Å². The van der Waals surface area contributed by atoms with Gasteiger partial charge in [-0.05, 0) is 37.3 Å². The van der Waals surface area contributed by atoms with Gasteiger partial charge < -0.3 is 19.8 Å². The zero-order valence-corrected chi connectivity index (χ0v) is 11.6. The van der Waals surface area contributed by atoms with E-state index in [1.807, 2.05) is 12.1 Å². The van der Waals surface area contributed by atoms with Gasteiger partial charge in [-0.3, -0.25) is 0 Å².